The Labute approximate surface area is 155 Å². The Morgan fingerprint density at radius 3 is 3.16 bits per heavy atom. The van der Waals surface area contributed by atoms with Gasteiger partial charge in [0.1, 0.15) is 5.65 Å². The van der Waals surface area contributed by atoms with E-state index in [9.17, 15) is 0 Å². The fourth-order valence-corrected chi connectivity index (χ4v) is 5.19. The normalized spacial score (nSPS) is 18.0. The van der Waals surface area contributed by atoms with Crippen LogP contribution in [-0.2, 0) is 0 Å². The summed E-state index contributed by atoms with van der Waals surface area (Å²) < 4.78 is 4.53. The van der Waals surface area contributed by atoms with Gasteiger partial charge in [0.15, 0.2) is 0 Å². The van der Waals surface area contributed by atoms with E-state index in [1.54, 1.807) is 23.3 Å². The van der Waals surface area contributed by atoms with Crippen LogP contribution in [-0.4, -0.2) is 36.1 Å². The summed E-state index contributed by atoms with van der Waals surface area (Å²) in [5.41, 5.74) is 9.08. The monoisotopic (exact) mass is 373 g/mol. The predicted octanol–water partition coefficient (Wildman–Crippen LogP) is 3.31. The lowest BCUT2D eigenvalue weighted by molar-refractivity contribution is 0.456. The second kappa shape index (κ2) is 7.88. The molecular weight excluding hydrogens is 350 g/mol. The number of aromatic nitrogens is 2. The number of hydrogen-bond donors (Lipinski definition) is 4. The van der Waals surface area contributed by atoms with E-state index in [0.717, 1.165) is 25.3 Å². The molecule has 1 saturated heterocycles. The van der Waals surface area contributed by atoms with Gasteiger partial charge in [-0.1, -0.05) is 0 Å². The van der Waals surface area contributed by atoms with Gasteiger partial charge in [-0.25, -0.2) is 4.98 Å². The minimum Gasteiger partial charge on any atom is -0.343 e. The first-order valence-electron chi connectivity index (χ1n) is 8.73. The van der Waals surface area contributed by atoms with Crippen LogP contribution < -0.4 is 15.8 Å². The van der Waals surface area contributed by atoms with Gasteiger partial charge in [0.2, 0.25) is 0 Å². The Kier molecular flexibility index (Phi) is 5.38. The Morgan fingerprint density at radius 1 is 1.36 bits per heavy atom. The number of nitrogens with two attached hydrogens (primary N) is 1. The van der Waals surface area contributed by atoms with Crippen LogP contribution in [0.1, 0.15) is 24.5 Å². The summed E-state index contributed by atoms with van der Waals surface area (Å²) in [5, 5.41) is 4.71. The Bertz CT molecular complexity index is 835. The van der Waals surface area contributed by atoms with Crippen molar-refractivity contribution in [3.63, 3.8) is 0 Å². The number of thiophene rings is 1. The zero-order valence-electron chi connectivity index (χ0n) is 14.0. The SMILES string of the molecule is NCCNSc1ccc(-c2ccnc3[nH]c(C4CCCNC4)cc23)s1. The maximum atomic E-state index is 5.53. The average Bonchev–Trinajstić information content (AvgIpc) is 3.29. The zero-order chi connectivity index (χ0) is 17.1. The van der Waals surface area contributed by atoms with Crippen LogP contribution in [0.2, 0.25) is 0 Å². The van der Waals surface area contributed by atoms with E-state index in [0.29, 0.717) is 12.5 Å². The van der Waals surface area contributed by atoms with Gasteiger partial charge in [0.05, 0.1) is 4.21 Å². The molecule has 0 radical (unpaired) electrons. The van der Waals surface area contributed by atoms with Gasteiger partial charge >= 0.3 is 0 Å². The quantitative estimate of drug-likeness (QED) is 0.394. The molecule has 5 N–H and O–H groups in total. The lowest BCUT2D eigenvalue weighted by atomic mass is 9.96. The standard InChI is InChI=1S/C18H23N5S2/c19-6-9-22-25-17-4-3-16(24-17)13-5-8-21-18-14(13)10-15(23-18)12-2-1-7-20-11-12/h3-5,8,10,12,20,22H,1-2,6-7,9,11,19H2,(H,21,23). The molecule has 4 rings (SSSR count). The van der Waals surface area contributed by atoms with Crippen LogP contribution >= 0.6 is 23.3 Å². The van der Waals surface area contributed by atoms with Crippen molar-refractivity contribution in [2.45, 2.75) is 23.0 Å². The summed E-state index contributed by atoms with van der Waals surface area (Å²) in [7, 11) is 0. The number of aromatic amines is 1. The number of piperidine rings is 1. The van der Waals surface area contributed by atoms with Gasteiger partial charge in [-0.15, -0.1) is 11.3 Å². The third-order valence-electron chi connectivity index (χ3n) is 4.56. The second-order valence-corrected chi connectivity index (χ2v) is 8.57. The van der Waals surface area contributed by atoms with Crippen molar-refractivity contribution in [1.29, 1.82) is 0 Å². The molecule has 1 fully saturated rings. The molecule has 0 saturated carbocycles. The van der Waals surface area contributed by atoms with Gasteiger partial charge in [-0.3, -0.25) is 4.72 Å². The van der Waals surface area contributed by atoms with Crippen LogP contribution in [0.15, 0.2) is 34.7 Å². The molecule has 4 heterocycles. The van der Waals surface area contributed by atoms with E-state index in [4.69, 9.17) is 5.73 Å². The van der Waals surface area contributed by atoms with E-state index in [1.165, 1.54) is 38.6 Å². The summed E-state index contributed by atoms with van der Waals surface area (Å²) in [6, 6.07) is 8.78. The van der Waals surface area contributed by atoms with Crippen LogP contribution in [0, 0.1) is 0 Å². The third-order valence-corrected chi connectivity index (χ3v) is 6.65. The van der Waals surface area contributed by atoms with Crippen LogP contribution in [0.3, 0.4) is 0 Å². The number of hydrogen-bond acceptors (Lipinski definition) is 6. The zero-order valence-corrected chi connectivity index (χ0v) is 15.7. The summed E-state index contributed by atoms with van der Waals surface area (Å²) in [4.78, 5) is 9.37. The van der Waals surface area contributed by atoms with E-state index in [1.807, 2.05) is 6.20 Å². The van der Waals surface area contributed by atoms with Crippen LogP contribution in [0.25, 0.3) is 21.5 Å². The van der Waals surface area contributed by atoms with Crippen molar-refractivity contribution in [1.82, 2.24) is 20.0 Å². The van der Waals surface area contributed by atoms with E-state index >= 15 is 0 Å². The number of rotatable bonds is 6. The summed E-state index contributed by atoms with van der Waals surface area (Å²) >= 11 is 3.45. The number of fused-ring (bicyclic) bond motifs is 1. The molecule has 0 aromatic carbocycles. The van der Waals surface area contributed by atoms with Crippen LogP contribution in [0.4, 0.5) is 0 Å². The Hall–Kier alpha value is -1.38. The first kappa shape index (κ1) is 17.1. The maximum absolute atomic E-state index is 5.53. The second-order valence-electron chi connectivity index (χ2n) is 6.29. The topological polar surface area (TPSA) is 78.8 Å². The molecule has 5 nitrogen and oxygen atoms in total. The number of nitrogens with one attached hydrogen (secondary N) is 3. The van der Waals surface area contributed by atoms with E-state index < -0.39 is 0 Å². The van der Waals surface area contributed by atoms with E-state index in [2.05, 4.69) is 44.3 Å². The predicted molar refractivity (Wildman–Crippen MR) is 107 cm³/mol. The van der Waals surface area contributed by atoms with Gasteiger partial charge in [-0.05, 0) is 55.6 Å². The largest absolute Gasteiger partial charge is 0.343 e. The van der Waals surface area contributed by atoms with Gasteiger partial charge in [-0.2, -0.15) is 0 Å². The molecule has 0 spiro atoms. The van der Waals surface area contributed by atoms with Crippen molar-refractivity contribution in [3.05, 3.63) is 36.2 Å². The smallest absolute Gasteiger partial charge is 0.138 e. The van der Waals surface area contributed by atoms with Crippen molar-refractivity contribution < 1.29 is 0 Å². The van der Waals surface area contributed by atoms with Gasteiger partial charge in [0, 0.05) is 53.3 Å². The fourth-order valence-electron chi connectivity index (χ4n) is 3.30. The highest BCUT2D eigenvalue weighted by Gasteiger charge is 2.19. The lowest BCUT2D eigenvalue weighted by Crippen LogP contribution is -2.28. The van der Waals surface area contributed by atoms with Crippen molar-refractivity contribution in [2.75, 3.05) is 26.2 Å². The number of H-pyrrole nitrogens is 1. The minimum atomic E-state index is 0.561. The molecule has 25 heavy (non-hydrogen) atoms. The molecule has 3 aromatic rings. The molecule has 0 amide bonds. The van der Waals surface area contributed by atoms with E-state index in [-0.39, 0.29) is 0 Å². The highest BCUT2D eigenvalue weighted by atomic mass is 32.2. The molecule has 3 aromatic heterocycles. The van der Waals surface area contributed by atoms with Crippen molar-refractivity contribution >= 4 is 34.3 Å². The number of pyridine rings is 1. The lowest BCUT2D eigenvalue weighted by Gasteiger charge is -2.21. The van der Waals surface area contributed by atoms with Crippen LogP contribution in [0.5, 0.6) is 0 Å². The number of nitrogens with zero attached hydrogens (tertiary/aromatic N) is 1. The molecule has 1 atom stereocenters. The Morgan fingerprint density at radius 2 is 2.32 bits per heavy atom. The molecule has 0 aliphatic carbocycles. The van der Waals surface area contributed by atoms with Gasteiger partial charge in [0.25, 0.3) is 0 Å². The Balaban J connectivity index is 1.62. The summed E-state index contributed by atoms with van der Waals surface area (Å²) in [5.74, 6) is 0.561. The molecule has 1 aliphatic heterocycles. The average molecular weight is 374 g/mol. The van der Waals surface area contributed by atoms with Gasteiger partial charge < -0.3 is 16.0 Å². The molecule has 1 unspecified atom stereocenters. The molecule has 1 aliphatic rings. The highest BCUT2D eigenvalue weighted by molar-refractivity contribution is 7.99. The molecule has 0 bridgehead atoms. The third kappa shape index (κ3) is 3.75. The highest BCUT2D eigenvalue weighted by Crippen LogP contribution is 2.37. The molecular formula is C18H23N5S2. The fraction of sp³-hybridized carbons (Fsp3) is 0.389. The molecule has 132 valence electrons. The first-order valence-corrected chi connectivity index (χ1v) is 10.4. The molecule has 7 heteroatoms. The first-order chi connectivity index (χ1) is 12.3. The van der Waals surface area contributed by atoms with Crippen molar-refractivity contribution in [2.24, 2.45) is 5.73 Å². The van der Waals surface area contributed by atoms with Crippen molar-refractivity contribution in [3.8, 4) is 10.4 Å². The minimum absolute atomic E-state index is 0.561. The summed E-state index contributed by atoms with van der Waals surface area (Å²) in [6.45, 7) is 3.65. The summed E-state index contributed by atoms with van der Waals surface area (Å²) in [6.07, 6.45) is 4.37. The maximum Gasteiger partial charge on any atom is 0.138 e.